The average molecular weight is 712 g/mol. The Balaban J connectivity index is 1.38. The second kappa shape index (κ2) is 8.49. The molecule has 2 nitrogen and oxygen atoms in total. The zero-order valence-electron chi connectivity index (χ0n) is 18.6. The normalized spacial score (nSPS) is 24.9. The van der Waals surface area contributed by atoms with Gasteiger partial charge in [-0.25, -0.2) is 0 Å². The number of allylic oxidation sites excluding steroid dienone is 2. The number of halogens is 4. The third-order valence-corrected chi connectivity index (χ3v) is 11.3. The number of benzene rings is 2. The van der Waals surface area contributed by atoms with Gasteiger partial charge in [-0.15, -0.1) is 0 Å². The summed E-state index contributed by atoms with van der Waals surface area (Å²) in [5, 5.41) is 3.17. The molecule has 2 aromatic rings. The highest BCUT2D eigenvalue weighted by molar-refractivity contribution is 9.09. The lowest BCUT2D eigenvalue weighted by molar-refractivity contribution is -0.159. The van der Waals surface area contributed by atoms with Crippen molar-refractivity contribution in [3.05, 3.63) is 80.9 Å². The lowest BCUT2D eigenvalue weighted by Gasteiger charge is -2.52. The first-order valence-corrected chi connectivity index (χ1v) is 16.2. The van der Waals surface area contributed by atoms with E-state index in [4.69, 9.17) is 0 Å². The molecule has 0 amide bonds. The van der Waals surface area contributed by atoms with Crippen LogP contribution in [0.4, 0.5) is 0 Å². The third-order valence-electron chi connectivity index (χ3n) is 8.88. The molecule has 1 saturated carbocycles. The Morgan fingerprint density at radius 2 is 0.824 bits per heavy atom. The van der Waals surface area contributed by atoms with Gasteiger partial charge in [-0.1, -0.05) is 100 Å². The number of fused-ring (bicyclic) bond motifs is 2. The van der Waals surface area contributed by atoms with Gasteiger partial charge in [-0.2, -0.15) is 0 Å². The molecule has 5 aliphatic rings. The molecule has 2 aromatic carbocycles. The Kier molecular flexibility index (Phi) is 5.95. The van der Waals surface area contributed by atoms with Gasteiger partial charge >= 0.3 is 0 Å². The van der Waals surface area contributed by atoms with Crippen molar-refractivity contribution >= 4 is 75.3 Å². The first kappa shape index (κ1) is 23.8. The fourth-order valence-electron chi connectivity index (χ4n) is 7.20. The largest absolute Gasteiger partial charge is 0.298 e. The van der Waals surface area contributed by atoms with Gasteiger partial charge < -0.3 is 0 Å². The number of carbonyl (C=O) groups is 2. The van der Waals surface area contributed by atoms with Crippen molar-refractivity contribution < 1.29 is 9.59 Å². The summed E-state index contributed by atoms with van der Waals surface area (Å²) in [7, 11) is 0. The molecule has 7 rings (SSSR count). The van der Waals surface area contributed by atoms with E-state index in [1.54, 1.807) is 0 Å². The molecular weight excluding hydrogens is 688 g/mol. The highest BCUT2D eigenvalue weighted by Crippen LogP contribution is 2.61. The van der Waals surface area contributed by atoms with Crippen molar-refractivity contribution in [1.29, 1.82) is 0 Å². The smallest absolute Gasteiger partial charge is 0.148 e. The number of alkyl halides is 4. The van der Waals surface area contributed by atoms with E-state index in [1.807, 2.05) is 0 Å². The van der Waals surface area contributed by atoms with Crippen LogP contribution in [-0.2, 0) is 56.6 Å². The molecule has 0 aliphatic heterocycles. The number of hydrogen-bond donors (Lipinski definition) is 0. The fraction of sp³-hybridized carbons (Fsp3) is 0.429. The van der Waals surface area contributed by atoms with Crippen LogP contribution >= 0.6 is 63.7 Å². The number of ketones is 2. The molecule has 2 unspecified atom stereocenters. The van der Waals surface area contributed by atoms with Crippen LogP contribution in [0.1, 0.15) is 44.5 Å². The lowest BCUT2D eigenvalue weighted by atomic mass is 9.47. The Bertz CT molecular complexity index is 1110. The summed E-state index contributed by atoms with van der Waals surface area (Å²) < 4.78 is 0. The molecular formula is C28H24Br4O2. The molecule has 176 valence electrons. The first-order valence-electron chi connectivity index (χ1n) is 11.7. The molecule has 0 aromatic heterocycles. The van der Waals surface area contributed by atoms with E-state index in [9.17, 15) is 9.59 Å². The van der Waals surface area contributed by atoms with Crippen molar-refractivity contribution in [2.45, 2.75) is 47.0 Å². The second-order valence-electron chi connectivity index (χ2n) is 10.4. The Labute approximate surface area is 233 Å². The summed E-state index contributed by atoms with van der Waals surface area (Å²) in [6.45, 7) is 0. The number of carbonyl (C=O) groups excluding carboxylic acids is 2. The molecule has 1 fully saturated rings. The van der Waals surface area contributed by atoms with Crippen molar-refractivity contribution in [2.24, 2.45) is 22.7 Å². The van der Waals surface area contributed by atoms with E-state index < -0.39 is 10.8 Å². The highest BCUT2D eigenvalue weighted by Gasteiger charge is 2.67. The quantitative estimate of drug-likeness (QED) is 0.251. The first-order chi connectivity index (χ1) is 16.4. The van der Waals surface area contributed by atoms with E-state index in [0.717, 1.165) is 21.3 Å². The van der Waals surface area contributed by atoms with Gasteiger partial charge in [-0.05, 0) is 70.2 Å². The molecule has 0 saturated heterocycles. The van der Waals surface area contributed by atoms with Crippen LogP contribution in [0.3, 0.4) is 0 Å². The van der Waals surface area contributed by atoms with Crippen LogP contribution in [0.25, 0.3) is 0 Å². The molecule has 0 heterocycles. The minimum absolute atomic E-state index is 0.297. The van der Waals surface area contributed by atoms with E-state index in [2.05, 4.69) is 100 Å². The van der Waals surface area contributed by atoms with Gasteiger partial charge in [0.15, 0.2) is 0 Å². The molecule has 34 heavy (non-hydrogen) atoms. The van der Waals surface area contributed by atoms with Crippen molar-refractivity contribution in [3.8, 4) is 0 Å². The second-order valence-corrected chi connectivity index (χ2v) is 12.6. The van der Waals surface area contributed by atoms with Crippen molar-refractivity contribution in [2.75, 3.05) is 0 Å². The van der Waals surface area contributed by atoms with Crippen molar-refractivity contribution in [3.63, 3.8) is 0 Å². The number of rotatable bonds is 4. The summed E-state index contributed by atoms with van der Waals surface area (Å²) in [6, 6.07) is 9.02. The predicted molar refractivity (Wildman–Crippen MR) is 149 cm³/mol. The Morgan fingerprint density at radius 1 is 0.559 bits per heavy atom. The van der Waals surface area contributed by atoms with Crippen LogP contribution < -0.4 is 0 Å². The van der Waals surface area contributed by atoms with Gasteiger partial charge in [0.2, 0.25) is 0 Å². The molecule has 0 radical (unpaired) electrons. The SMILES string of the molecule is O=C1C2C=CC(C(=O)C23Cc2cc(CBr)c(CBr)cc2C3)C12Cc1cc(CBr)c(CBr)cc1C2. The van der Waals surface area contributed by atoms with Crippen LogP contribution in [0.15, 0.2) is 36.4 Å². The maximum atomic E-state index is 14.3. The summed E-state index contributed by atoms with van der Waals surface area (Å²) >= 11 is 14.5. The maximum absolute atomic E-state index is 14.3. The molecule has 6 heteroatoms. The number of Topliss-reactive ketones (excluding diaryl/α,β-unsaturated/α-hetero) is 2. The Morgan fingerprint density at radius 3 is 1.06 bits per heavy atom. The van der Waals surface area contributed by atoms with E-state index >= 15 is 0 Å². The summed E-state index contributed by atoms with van der Waals surface area (Å²) in [5.41, 5.74) is 8.81. The molecule has 2 atom stereocenters. The molecule has 2 bridgehead atoms. The van der Waals surface area contributed by atoms with E-state index in [-0.39, 0.29) is 11.8 Å². The zero-order valence-corrected chi connectivity index (χ0v) is 24.9. The maximum Gasteiger partial charge on any atom is 0.148 e. The Hall–Kier alpha value is -0.560. The number of hydrogen-bond acceptors (Lipinski definition) is 2. The summed E-state index contributed by atoms with van der Waals surface area (Å²) in [6.07, 6.45) is 6.91. The van der Waals surface area contributed by atoms with Gasteiger partial charge in [0, 0.05) is 33.2 Å². The topological polar surface area (TPSA) is 34.1 Å². The standard InChI is InChI=1S/C28H24Br4O2/c29-11-19-3-15-7-27(8-16(15)4-20(19)12-30)23-1-2-24(26(27)34)28(25(23)33)9-17-5-21(13-31)22(14-32)6-18(17)10-28/h1-6,23-24H,7-14H2. The van der Waals surface area contributed by atoms with Crippen LogP contribution in [0, 0.1) is 22.7 Å². The van der Waals surface area contributed by atoms with E-state index in [1.165, 1.54) is 44.5 Å². The van der Waals surface area contributed by atoms with E-state index in [0.29, 0.717) is 37.2 Å². The van der Waals surface area contributed by atoms with Gasteiger partial charge in [0.1, 0.15) is 11.6 Å². The molecule has 0 N–H and O–H groups in total. The third kappa shape index (κ3) is 3.13. The predicted octanol–water partition coefficient (Wildman–Crippen LogP) is 7.09. The molecule has 5 aliphatic carbocycles. The monoisotopic (exact) mass is 708 g/mol. The average Bonchev–Trinajstić information content (AvgIpc) is 3.41. The summed E-state index contributed by atoms with van der Waals surface area (Å²) in [5.74, 6) is -0.0488. The summed E-state index contributed by atoms with van der Waals surface area (Å²) in [4.78, 5) is 28.5. The van der Waals surface area contributed by atoms with Crippen LogP contribution in [0.5, 0.6) is 0 Å². The zero-order chi connectivity index (χ0) is 23.8. The molecule has 2 spiro atoms. The fourth-order valence-corrected chi connectivity index (χ4v) is 9.29. The van der Waals surface area contributed by atoms with Gasteiger partial charge in [-0.3, -0.25) is 9.59 Å². The van der Waals surface area contributed by atoms with Gasteiger partial charge in [0.25, 0.3) is 0 Å². The van der Waals surface area contributed by atoms with Gasteiger partial charge in [0.05, 0.1) is 10.8 Å². The van der Waals surface area contributed by atoms with Crippen molar-refractivity contribution in [1.82, 2.24) is 0 Å². The minimum Gasteiger partial charge on any atom is -0.298 e. The van der Waals surface area contributed by atoms with Crippen LogP contribution in [-0.4, -0.2) is 11.6 Å². The van der Waals surface area contributed by atoms with Crippen LogP contribution in [0.2, 0.25) is 0 Å². The minimum atomic E-state index is -0.602. The lowest BCUT2D eigenvalue weighted by Crippen LogP contribution is -2.62. The highest BCUT2D eigenvalue weighted by atomic mass is 79.9.